The topological polar surface area (TPSA) is 42.2 Å². The van der Waals surface area contributed by atoms with Crippen LogP contribution in [0.15, 0.2) is 95.1 Å². The average molecular weight is 497 g/mol. The van der Waals surface area contributed by atoms with Crippen LogP contribution in [0.25, 0.3) is 22.3 Å². The van der Waals surface area contributed by atoms with Gasteiger partial charge in [0.05, 0.1) is 16.4 Å². The maximum atomic E-state index is 4.90. The minimum atomic E-state index is 0.694. The number of hydrogen-bond acceptors (Lipinski definition) is 3. The summed E-state index contributed by atoms with van der Waals surface area (Å²) in [7, 11) is 0. The number of benzene rings is 2. The second kappa shape index (κ2) is 9.20. The van der Waals surface area contributed by atoms with E-state index in [2.05, 4.69) is 119 Å². The summed E-state index contributed by atoms with van der Waals surface area (Å²) in [4.78, 5) is 4.90. The van der Waals surface area contributed by atoms with Gasteiger partial charge in [-0.3, -0.25) is 0 Å². The summed E-state index contributed by atoms with van der Waals surface area (Å²) < 4.78 is 2.73. The van der Waals surface area contributed by atoms with E-state index in [1.807, 2.05) is 4.52 Å². The molecule has 2 aromatic carbocycles. The molecule has 33 heavy (non-hydrogen) atoms. The fraction of sp³-hybridized carbons (Fsp3) is 0.143. The predicted molar refractivity (Wildman–Crippen MR) is 140 cm³/mol. The number of fused-ring (bicyclic) bond motifs is 1. The summed E-state index contributed by atoms with van der Waals surface area (Å²) in [6.07, 6.45) is 11.3. The maximum absolute atomic E-state index is 4.90. The van der Waals surface area contributed by atoms with Crippen LogP contribution in [0.4, 0.5) is 5.82 Å². The SMILES string of the molecule is CC1=CC=CCC=C1c1cc(NCc2ccc(-c3cccc(C)c3)cc2)n2ncc(Br)c2n1. The van der Waals surface area contributed by atoms with Crippen LogP contribution in [-0.4, -0.2) is 14.6 Å². The van der Waals surface area contributed by atoms with Crippen molar-refractivity contribution >= 4 is 33.0 Å². The molecule has 0 amide bonds. The van der Waals surface area contributed by atoms with Crippen LogP contribution in [0.1, 0.15) is 30.2 Å². The molecule has 0 spiro atoms. The number of rotatable bonds is 5. The molecule has 164 valence electrons. The fourth-order valence-corrected chi connectivity index (χ4v) is 4.41. The Morgan fingerprint density at radius 2 is 1.88 bits per heavy atom. The lowest BCUT2D eigenvalue weighted by atomic mass is 10.0. The van der Waals surface area contributed by atoms with E-state index < -0.39 is 0 Å². The van der Waals surface area contributed by atoms with Gasteiger partial charge in [-0.05, 0) is 64.0 Å². The number of nitrogens with one attached hydrogen (secondary N) is 1. The van der Waals surface area contributed by atoms with Crippen molar-refractivity contribution < 1.29 is 0 Å². The van der Waals surface area contributed by atoms with Crippen molar-refractivity contribution in [3.05, 3.63) is 112 Å². The second-order valence-electron chi connectivity index (χ2n) is 8.31. The number of aryl methyl sites for hydroxylation is 1. The lowest BCUT2D eigenvalue weighted by Crippen LogP contribution is -2.08. The summed E-state index contributed by atoms with van der Waals surface area (Å²) in [6.45, 7) is 4.94. The van der Waals surface area contributed by atoms with Gasteiger partial charge in [-0.1, -0.05) is 78.4 Å². The van der Waals surface area contributed by atoms with E-state index >= 15 is 0 Å². The highest BCUT2D eigenvalue weighted by molar-refractivity contribution is 9.10. The Labute approximate surface area is 202 Å². The Kier molecular flexibility index (Phi) is 5.97. The molecule has 1 aliphatic rings. The number of anilines is 1. The molecule has 1 aliphatic carbocycles. The van der Waals surface area contributed by atoms with Gasteiger partial charge in [0, 0.05) is 12.6 Å². The summed E-state index contributed by atoms with van der Waals surface area (Å²) in [5.74, 6) is 0.911. The Morgan fingerprint density at radius 1 is 1.03 bits per heavy atom. The van der Waals surface area contributed by atoms with E-state index in [1.54, 1.807) is 6.20 Å². The third-order valence-electron chi connectivity index (χ3n) is 5.85. The van der Waals surface area contributed by atoms with E-state index in [0.29, 0.717) is 6.54 Å². The first-order chi connectivity index (χ1) is 16.1. The molecule has 2 heterocycles. The van der Waals surface area contributed by atoms with Gasteiger partial charge in [-0.15, -0.1) is 0 Å². The van der Waals surface area contributed by atoms with E-state index in [0.717, 1.165) is 33.6 Å². The summed E-state index contributed by atoms with van der Waals surface area (Å²) in [5, 5.41) is 8.09. The largest absolute Gasteiger partial charge is 0.366 e. The van der Waals surface area contributed by atoms with Crippen LogP contribution in [0, 0.1) is 6.92 Å². The standard InChI is InChI=1S/C28H25BrN4/c1-19-7-6-9-23(15-19)22-13-11-21(12-14-22)17-30-27-16-26(24-10-5-3-4-8-20(24)2)32-28-25(29)18-31-33(27)28/h3-4,6-16,18,30H,5,17H2,1-2H3. The zero-order valence-electron chi connectivity index (χ0n) is 18.7. The zero-order valence-corrected chi connectivity index (χ0v) is 20.3. The van der Waals surface area contributed by atoms with Crippen molar-refractivity contribution in [1.82, 2.24) is 14.6 Å². The van der Waals surface area contributed by atoms with Gasteiger partial charge in [0.1, 0.15) is 5.82 Å². The zero-order chi connectivity index (χ0) is 22.8. The van der Waals surface area contributed by atoms with Crippen molar-refractivity contribution in [3.8, 4) is 11.1 Å². The van der Waals surface area contributed by atoms with E-state index in [9.17, 15) is 0 Å². The van der Waals surface area contributed by atoms with Crippen LogP contribution in [0.5, 0.6) is 0 Å². The molecular formula is C28H25BrN4. The lowest BCUT2D eigenvalue weighted by Gasteiger charge is -2.13. The van der Waals surface area contributed by atoms with Crippen molar-refractivity contribution in [2.75, 3.05) is 5.32 Å². The molecule has 0 fully saturated rings. The predicted octanol–water partition coefficient (Wildman–Crippen LogP) is 7.37. The van der Waals surface area contributed by atoms with Gasteiger partial charge in [-0.2, -0.15) is 9.61 Å². The summed E-state index contributed by atoms with van der Waals surface area (Å²) >= 11 is 3.60. The number of halogens is 1. The van der Waals surface area contributed by atoms with Crippen molar-refractivity contribution in [3.63, 3.8) is 0 Å². The molecular weight excluding hydrogens is 472 g/mol. The number of hydrogen-bond donors (Lipinski definition) is 1. The molecule has 0 unspecified atom stereocenters. The number of nitrogens with zero attached hydrogens (tertiary/aromatic N) is 3. The molecule has 4 aromatic rings. The van der Waals surface area contributed by atoms with Crippen LogP contribution >= 0.6 is 15.9 Å². The average Bonchev–Trinajstić information content (AvgIpc) is 3.06. The van der Waals surface area contributed by atoms with Crippen LogP contribution < -0.4 is 5.32 Å². The van der Waals surface area contributed by atoms with Crippen LogP contribution in [0.2, 0.25) is 0 Å². The Hall–Kier alpha value is -3.44. The Morgan fingerprint density at radius 3 is 2.70 bits per heavy atom. The molecule has 0 aliphatic heterocycles. The van der Waals surface area contributed by atoms with E-state index in [-0.39, 0.29) is 0 Å². The fourth-order valence-electron chi connectivity index (χ4n) is 4.07. The Bertz CT molecular complexity index is 1410. The number of aromatic nitrogens is 3. The third kappa shape index (κ3) is 4.55. The molecule has 0 atom stereocenters. The van der Waals surface area contributed by atoms with Gasteiger partial charge in [0.25, 0.3) is 0 Å². The quantitative estimate of drug-likeness (QED) is 0.313. The first-order valence-electron chi connectivity index (χ1n) is 11.1. The normalized spacial score (nSPS) is 13.5. The van der Waals surface area contributed by atoms with Crippen LogP contribution in [0.3, 0.4) is 0 Å². The Balaban J connectivity index is 1.42. The molecule has 0 bridgehead atoms. The van der Waals surface area contributed by atoms with Crippen molar-refractivity contribution in [2.24, 2.45) is 0 Å². The third-order valence-corrected chi connectivity index (χ3v) is 6.41. The smallest absolute Gasteiger partial charge is 0.172 e. The van der Waals surface area contributed by atoms with Crippen LogP contribution in [-0.2, 0) is 6.54 Å². The molecule has 5 heteroatoms. The molecule has 5 rings (SSSR count). The summed E-state index contributed by atoms with van der Waals surface area (Å²) in [6, 6.07) is 19.4. The number of allylic oxidation sites excluding steroid dienone is 6. The summed E-state index contributed by atoms with van der Waals surface area (Å²) in [5.41, 5.74) is 9.04. The highest BCUT2D eigenvalue weighted by atomic mass is 79.9. The molecule has 1 N–H and O–H groups in total. The first kappa shape index (κ1) is 21.4. The highest BCUT2D eigenvalue weighted by Crippen LogP contribution is 2.29. The monoisotopic (exact) mass is 496 g/mol. The molecule has 0 saturated heterocycles. The minimum Gasteiger partial charge on any atom is -0.366 e. The molecule has 4 nitrogen and oxygen atoms in total. The van der Waals surface area contributed by atoms with Gasteiger partial charge < -0.3 is 5.32 Å². The van der Waals surface area contributed by atoms with Crippen molar-refractivity contribution in [2.45, 2.75) is 26.8 Å². The second-order valence-corrected chi connectivity index (χ2v) is 9.16. The molecule has 0 radical (unpaired) electrons. The van der Waals surface area contributed by atoms with Crippen molar-refractivity contribution in [1.29, 1.82) is 0 Å². The molecule has 2 aromatic heterocycles. The molecule has 0 saturated carbocycles. The van der Waals surface area contributed by atoms with Gasteiger partial charge >= 0.3 is 0 Å². The van der Waals surface area contributed by atoms with Gasteiger partial charge in [0.2, 0.25) is 0 Å². The van der Waals surface area contributed by atoms with E-state index in [1.165, 1.54) is 27.8 Å². The lowest BCUT2D eigenvalue weighted by molar-refractivity contribution is 0.922. The van der Waals surface area contributed by atoms with Gasteiger partial charge in [-0.25, -0.2) is 4.98 Å². The van der Waals surface area contributed by atoms with Gasteiger partial charge in [0.15, 0.2) is 5.65 Å². The maximum Gasteiger partial charge on any atom is 0.172 e. The highest BCUT2D eigenvalue weighted by Gasteiger charge is 2.14. The van der Waals surface area contributed by atoms with E-state index in [4.69, 9.17) is 4.98 Å². The first-order valence-corrected chi connectivity index (χ1v) is 11.9. The minimum absolute atomic E-state index is 0.694.